The van der Waals surface area contributed by atoms with Crippen LogP contribution in [-0.4, -0.2) is 25.9 Å². The number of hydrogen-bond donors (Lipinski definition) is 1. The third-order valence-corrected chi connectivity index (χ3v) is 3.27. The van der Waals surface area contributed by atoms with Gasteiger partial charge in [-0.15, -0.1) is 0 Å². The molecule has 0 amide bonds. The van der Waals surface area contributed by atoms with Crippen molar-refractivity contribution < 1.29 is 5.11 Å². The molecule has 1 aromatic carbocycles. The summed E-state index contributed by atoms with van der Waals surface area (Å²) in [7, 11) is 0. The van der Waals surface area contributed by atoms with Crippen LogP contribution < -0.4 is 0 Å². The van der Waals surface area contributed by atoms with E-state index in [1.54, 1.807) is 12.1 Å². The Labute approximate surface area is 124 Å². The smallest absolute Gasteiger partial charge is 0.133 e. The molecule has 2 aromatic rings. The number of rotatable bonds is 1. The van der Waals surface area contributed by atoms with E-state index in [0.29, 0.717) is 0 Å². The van der Waals surface area contributed by atoms with E-state index in [1.165, 1.54) is 0 Å². The van der Waals surface area contributed by atoms with Crippen molar-refractivity contribution in [1.82, 2.24) is 9.55 Å². The molecule has 0 fully saturated rings. The van der Waals surface area contributed by atoms with Crippen LogP contribution in [0.2, 0.25) is 0 Å². The number of aliphatic imine (C=N–C) groups is 1. The first kappa shape index (κ1) is 13.6. The maximum absolute atomic E-state index is 9.41. The Morgan fingerprint density at radius 3 is 2.52 bits per heavy atom. The molecule has 4 heteroatoms. The lowest BCUT2D eigenvalue weighted by molar-refractivity contribution is 0.475. The zero-order valence-electron chi connectivity index (χ0n) is 12.5. The molecule has 0 bridgehead atoms. The number of fused-ring (bicyclic) bond motifs is 1. The van der Waals surface area contributed by atoms with Crippen molar-refractivity contribution in [1.29, 1.82) is 0 Å². The summed E-state index contributed by atoms with van der Waals surface area (Å²) in [6.07, 6.45) is 5.90. The van der Waals surface area contributed by atoms with Crippen molar-refractivity contribution >= 4 is 11.8 Å². The van der Waals surface area contributed by atoms with E-state index in [-0.39, 0.29) is 11.3 Å². The molecule has 0 saturated heterocycles. The van der Waals surface area contributed by atoms with Crippen LogP contribution in [0, 0.1) is 0 Å². The zero-order valence-corrected chi connectivity index (χ0v) is 12.5. The largest absolute Gasteiger partial charge is 0.508 e. The van der Waals surface area contributed by atoms with E-state index in [0.717, 1.165) is 29.3 Å². The molecule has 2 heterocycles. The van der Waals surface area contributed by atoms with Crippen molar-refractivity contribution in [3.05, 3.63) is 42.4 Å². The summed E-state index contributed by atoms with van der Waals surface area (Å²) in [5.41, 5.74) is 3.04. The van der Waals surface area contributed by atoms with Gasteiger partial charge in [-0.05, 0) is 57.2 Å². The molecule has 0 atom stereocenters. The van der Waals surface area contributed by atoms with Gasteiger partial charge in [-0.25, -0.2) is 4.98 Å². The van der Waals surface area contributed by atoms with Gasteiger partial charge in [-0.3, -0.25) is 4.99 Å². The van der Waals surface area contributed by atoms with E-state index in [1.807, 2.05) is 30.5 Å². The Balaban J connectivity index is 1.99. The summed E-state index contributed by atoms with van der Waals surface area (Å²) in [6.45, 7) is 7.01. The van der Waals surface area contributed by atoms with E-state index >= 15 is 0 Å². The summed E-state index contributed by atoms with van der Waals surface area (Å²) in [4.78, 5) is 9.18. The second-order valence-electron chi connectivity index (χ2n) is 6.24. The highest BCUT2D eigenvalue weighted by Crippen LogP contribution is 2.25. The predicted molar refractivity (Wildman–Crippen MR) is 85.5 cm³/mol. The van der Waals surface area contributed by atoms with E-state index < -0.39 is 0 Å². The SMILES string of the molecule is CC(C)(C)N=C1C=Cc2ncc(-c3ccc(O)cc3)n2C1. The van der Waals surface area contributed by atoms with E-state index in [9.17, 15) is 5.11 Å². The van der Waals surface area contributed by atoms with Crippen LogP contribution in [0.1, 0.15) is 26.6 Å². The van der Waals surface area contributed by atoms with Crippen molar-refractivity contribution in [3.8, 4) is 17.0 Å². The minimum Gasteiger partial charge on any atom is -0.508 e. The van der Waals surface area contributed by atoms with Gasteiger partial charge in [0.15, 0.2) is 0 Å². The predicted octanol–water partition coefficient (Wildman–Crippen LogP) is 3.52. The number of imidazole rings is 1. The molecule has 1 N–H and O–H groups in total. The fourth-order valence-electron chi connectivity index (χ4n) is 2.44. The number of aromatic hydroxyl groups is 1. The second-order valence-corrected chi connectivity index (χ2v) is 6.24. The third kappa shape index (κ3) is 2.89. The molecule has 0 saturated carbocycles. The number of benzene rings is 1. The lowest BCUT2D eigenvalue weighted by atomic mass is 10.1. The quantitative estimate of drug-likeness (QED) is 0.869. The molecular weight excluding hydrogens is 262 g/mol. The van der Waals surface area contributed by atoms with Crippen molar-refractivity contribution in [2.75, 3.05) is 0 Å². The number of hydrogen-bond acceptors (Lipinski definition) is 3. The van der Waals surface area contributed by atoms with Gasteiger partial charge in [0.2, 0.25) is 0 Å². The fourth-order valence-corrected chi connectivity index (χ4v) is 2.44. The topological polar surface area (TPSA) is 50.4 Å². The van der Waals surface area contributed by atoms with Gasteiger partial charge in [0, 0.05) is 5.56 Å². The van der Waals surface area contributed by atoms with Crippen LogP contribution in [0.4, 0.5) is 0 Å². The van der Waals surface area contributed by atoms with Crippen LogP contribution in [0.3, 0.4) is 0 Å². The summed E-state index contributed by atoms with van der Waals surface area (Å²) >= 11 is 0. The number of nitrogens with zero attached hydrogens (tertiary/aromatic N) is 3. The minimum absolute atomic E-state index is 0.0868. The lowest BCUT2D eigenvalue weighted by Gasteiger charge is -2.19. The average Bonchev–Trinajstić information content (AvgIpc) is 2.81. The first-order chi connectivity index (χ1) is 9.92. The highest BCUT2D eigenvalue weighted by Gasteiger charge is 2.17. The molecular formula is C17H19N3O. The molecule has 3 rings (SSSR count). The van der Waals surface area contributed by atoms with Gasteiger partial charge in [-0.1, -0.05) is 0 Å². The summed E-state index contributed by atoms with van der Waals surface area (Å²) in [5, 5.41) is 9.41. The Kier molecular flexibility index (Phi) is 3.16. The van der Waals surface area contributed by atoms with Crippen LogP contribution >= 0.6 is 0 Å². The van der Waals surface area contributed by atoms with Crippen LogP contribution in [0.25, 0.3) is 17.3 Å². The average molecular weight is 281 g/mol. The summed E-state index contributed by atoms with van der Waals surface area (Å²) < 4.78 is 2.15. The molecule has 1 aromatic heterocycles. The van der Waals surface area contributed by atoms with Gasteiger partial charge in [0.1, 0.15) is 11.6 Å². The van der Waals surface area contributed by atoms with E-state index in [4.69, 9.17) is 4.99 Å². The van der Waals surface area contributed by atoms with Gasteiger partial charge < -0.3 is 9.67 Å². The second kappa shape index (κ2) is 4.88. The summed E-state index contributed by atoms with van der Waals surface area (Å²) in [6, 6.07) is 7.19. The number of phenolic OH excluding ortho intramolecular Hbond substituents is 1. The fraction of sp³-hybridized carbons (Fsp3) is 0.294. The van der Waals surface area contributed by atoms with Gasteiger partial charge >= 0.3 is 0 Å². The molecule has 21 heavy (non-hydrogen) atoms. The number of allylic oxidation sites excluding steroid dienone is 1. The molecule has 0 radical (unpaired) electrons. The molecule has 0 aliphatic carbocycles. The Bertz CT molecular complexity index is 715. The lowest BCUT2D eigenvalue weighted by Crippen LogP contribution is -2.20. The zero-order chi connectivity index (χ0) is 15.0. The maximum Gasteiger partial charge on any atom is 0.133 e. The van der Waals surface area contributed by atoms with Crippen molar-refractivity contribution in [2.45, 2.75) is 32.9 Å². The Morgan fingerprint density at radius 1 is 1.14 bits per heavy atom. The maximum atomic E-state index is 9.41. The van der Waals surface area contributed by atoms with Gasteiger partial charge in [-0.2, -0.15) is 0 Å². The molecule has 1 aliphatic rings. The van der Waals surface area contributed by atoms with E-state index in [2.05, 4.69) is 30.3 Å². The first-order valence-corrected chi connectivity index (χ1v) is 7.04. The van der Waals surface area contributed by atoms with Crippen LogP contribution in [0.5, 0.6) is 5.75 Å². The third-order valence-electron chi connectivity index (χ3n) is 3.27. The van der Waals surface area contributed by atoms with Crippen molar-refractivity contribution in [2.24, 2.45) is 4.99 Å². The molecule has 1 aliphatic heterocycles. The highest BCUT2D eigenvalue weighted by atomic mass is 16.3. The molecule has 0 spiro atoms. The molecule has 4 nitrogen and oxygen atoms in total. The van der Waals surface area contributed by atoms with Crippen LogP contribution in [0.15, 0.2) is 41.5 Å². The Hall–Kier alpha value is -2.36. The minimum atomic E-state index is -0.0868. The normalized spacial score (nSPS) is 16.2. The summed E-state index contributed by atoms with van der Waals surface area (Å²) in [5.74, 6) is 1.21. The highest BCUT2D eigenvalue weighted by molar-refractivity contribution is 6.00. The Morgan fingerprint density at radius 2 is 1.86 bits per heavy atom. The first-order valence-electron chi connectivity index (χ1n) is 7.04. The van der Waals surface area contributed by atoms with Crippen molar-refractivity contribution in [3.63, 3.8) is 0 Å². The number of phenols is 1. The van der Waals surface area contributed by atoms with Gasteiger partial charge in [0.05, 0.1) is 29.7 Å². The number of aromatic nitrogens is 2. The van der Waals surface area contributed by atoms with Gasteiger partial charge in [0.25, 0.3) is 0 Å². The monoisotopic (exact) mass is 281 g/mol. The molecule has 0 unspecified atom stereocenters. The standard InChI is InChI=1S/C17H19N3O/c1-17(2,3)19-13-6-9-16-18-10-15(20(16)11-13)12-4-7-14(21)8-5-12/h4-10,21H,11H2,1-3H3. The molecule has 108 valence electrons. The van der Waals surface area contributed by atoms with Crippen LogP contribution in [-0.2, 0) is 6.54 Å².